The van der Waals surface area contributed by atoms with E-state index < -0.39 is 0 Å². The molecule has 5 nitrogen and oxygen atoms in total. The highest BCUT2D eigenvalue weighted by Gasteiger charge is 2.40. The third-order valence-electron chi connectivity index (χ3n) is 5.36. The zero-order valence-electron chi connectivity index (χ0n) is 14.1. The zero-order chi connectivity index (χ0) is 17.4. The van der Waals surface area contributed by atoms with E-state index in [1.807, 2.05) is 0 Å². The zero-order valence-corrected chi connectivity index (χ0v) is 14.8. The molecular formula is C19H21ClN2O3. The molecular weight excluding hydrogens is 340 g/mol. The number of amides is 1. The van der Waals surface area contributed by atoms with Crippen molar-refractivity contribution in [1.82, 2.24) is 10.2 Å². The van der Waals surface area contributed by atoms with E-state index in [-0.39, 0.29) is 17.2 Å². The number of halogens is 1. The van der Waals surface area contributed by atoms with Crippen molar-refractivity contribution >= 4 is 17.5 Å². The lowest BCUT2D eigenvalue weighted by molar-refractivity contribution is 0.0217. The number of ether oxygens (including phenoxy) is 1. The fraction of sp³-hybridized carbons (Fsp3) is 0.421. The van der Waals surface area contributed by atoms with E-state index in [1.54, 1.807) is 36.4 Å². The molecule has 4 heterocycles. The number of nitrogens with zero attached hydrogens (tertiary/aromatic N) is 1. The fourth-order valence-electron chi connectivity index (χ4n) is 3.92. The van der Waals surface area contributed by atoms with Crippen molar-refractivity contribution in [3.05, 3.63) is 47.2 Å². The highest BCUT2D eigenvalue weighted by atomic mass is 35.5. The molecule has 1 amide bonds. The Labute approximate surface area is 151 Å². The van der Waals surface area contributed by atoms with Gasteiger partial charge in [-0.05, 0) is 74.6 Å². The minimum Gasteiger partial charge on any atom is -0.426 e. The van der Waals surface area contributed by atoms with E-state index in [9.17, 15) is 4.79 Å². The maximum atomic E-state index is 12.6. The van der Waals surface area contributed by atoms with Crippen LogP contribution in [0.1, 0.15) is 30.1 Å². The third kappa shape index (κ3) is 3.39. The summed E-state index contributed by atoms with van der Waals surface area (Å²) in [6.07, 6.45) is 2.35. The summed E-state index contributed by atoms with van der Waals surface area (Å²) in [5, 5.41) is 3.51. The predicted molar refractivity (Wildman–Crippen MR) is 95.2 cm³/mol. The maximum Gasteiger partial charge on any atom is 0.291 e. The molecule has 3 aliphatic rings. The molecule has 132 valence electrons. The number of benzene rings is 1. The van der Waals surface area contributed by atoms with Crippen molar-refractivity contribution in [3.63, 3.8) is 0 Å². The minimum absolute atomic E-state index is 0.0295. The Hall–Kier alpha value is -1.98. The lowest BCUT2D eigenvalue weighted by atomic mass is 9.79. The molecule has 5 rings (SSSR count). The molecule has 0 unspecified atom stereocenters. The Morgan fingerprint density at radius 1 is 1.20 bits per heavy atom. The average Bonchev–Trinajstić information content (AvgIpc) is 3.04. The second-order valence-corrected chi connectivity index (χ2v) is 7.17. The van der Waals surface area contributed by atoms with Gasteiger partial charge in [0.05, 0.1) is 0 Å². The summed E-state index contributed by atoms with van der Waals surface area (Å²) in [5.41, 5.74) is 0.633. The van der Waals surface area contributed by atoms with Gasteiger partial charge in [-0.15, -0.1) is 0 Å². The van der Waals surface area contributed by atoms with Crippen LogP contribution in [0.25, 0.3) is 0 Å². The predicted octanol–water partition coefficient (Wildman–Crippen LogP) is 3.94. The molecule has 25 heavy (non-hydrogen) atoms. The van der Waals surface area contributed by atoms with Gasteiger partial charge in [0.1, 0.15) is 5.75 Å². The first-order valence-electron chi connectivity index (χ1n) is 8.68. The highest BCUT2D eigenvalue weighted by Crippen LogP contribution is 2.32. The van der Waals surface area contributed by atoms with Gasteiger partial charge >= 0.3 is 0 Å². The van der Waals surface area contributed by atoms with Crippen LogP contribution in [-0.2, 0) is 0 Å². The van der Waals surface area contributed by atoms with Crippen molar-refractivity contribution < 1.29 is 13.9 Å². The number of rotatable bonds is 4. The minimum atomic E-state index is -0.0295. The van der Waals surface area contributed by atoms with Gasteiger partial charge in [-0.2, -0.15) is 0 Å². The van der Waals surface area contributed by atoms with Crippen molar-refractivity contribution in [3.8, 4) is 11.7 Å². The summed E-state index contributed by atoms with van der Waals surface area (Å²) in [5.74, 6) is 1.48. The smallest absolute Gasteiger partial charge is 0.291 e. The number of furan rings is 1. The van der Waals surface area contributed by atoms with E-state index in [4.69, 9.17) is 20.8 Å². The van der Waals surface area contributed by atoms with Crippen molar-refractivity contribution in [2.45, 2.75) is 31.8 Å². The number of hydrogen-bond acceptors (Lipinski definition) is 4. The van der Waals surface area contributed by atoms with E-state index in [0.717, 1.165) is 13.1 Å². The highest BCUT2D eigenvalue weighted by molar-refractivity contribution is 6.28. The van der Waals surface area contributed by atoms with Crippen molar-refractivity contribution in [2.24, 2.45) is 5.92 Å². The van der Waals surface area contributed by atoms with Crippen LogP contribution < -0.4 is 10.1 Å². The summed E-state index contributed by atoms with van der Waals surface area (Å²) in [7, 11) is 0. The van der Waals surface area contributed by atoms with Crippen molar-refractivity contribution in [2.75, 3.05) is 13.1 Å². The maximum absolute atomic E-state index is 12.6. The molecule has 1 N–H and O–H groups in total. The van der Waals surface area contributed by atoms with Crippen LogP contribution in [0.4, 0.5) is 0 Å². The number of nitrogens with one attached hydrogen (secondary N) is 1. The molecule has 0 aliphatic carbocycles. The van der Waals surface area contributed by atoms with Crippen LogP contribution in [0.2, 0.25) is 5.22 Å². The molecule has 2 bridgehead atoms. The van der Waals surface area contributed by atoms with Gasteiger partial charge in [0.2, 0.25) is 0 Å². The molecule has 6 heteroatoms. The van der Waals surface area contributed by atoms with E-state index >= 15 is 0 Å². The van der Waals surface area contributed by atoms with Crippen LogP contribution in [-0.4, -0.2) is 36.0 Å². The van der Waals surface area contributed by atoms with E-state index in [1.165, 1.54) is 12.8 Å². The number of hydrogen-bond donors (Lipinski definition) is 1. The summed E-state index contributed by atoms with van der Waals surface area (Å²) >= 11 is 5.72. The van der Waals surface area contributed by atoms with Gasteiger partial charge in [-0.25, -0.2) is 0 Å². The average molecular weight is 361 g/mol. The Kier molecular flexibility index (Phi) is 4.44. The molecule has 0 saturated carbocycles. The van der Waals surface area contributed by atoms with Gasteiger partial charge in [-0.1, -0.05) is 0 Å². The molecule has 1 aromatic carbocycles. The Morgan fingerprint density at radius 3 is 2.52 bits per heavy atom. The monoisotopic (exact) mass is 360 g/mol. The van der Waals surface area contributed by atoms with E-state index in [0.29, 0.717) is 29.2 Å². The number of fused-ring (bicyclic) bond motifs is 3. The number of carbonyl (C=O) groups excluding carboxylic acids is 1. The SMILES string of the molecule is C[C@H]1[C@H](NC(=O)c2ccc(Oc3ccc(Cl)o3)cc2)C2CCN1CC2. The molecule has 3 fully saturated rings. The second kappa shape index (κ2) is 6.73. The largest absolute Gasteiger partial charge is 0.426 e. The second-order valence-electron chi connectivity index (χ2n) is 6.80. The van der Waals surface area contributed by atoms with E-state index in [2.05, 4.69) is 17.1 Å². The van der Waals surface area contributed by atoms with Gasteiger partial charge in [0, 0.05) is 29.8 Å². The van der Waals surface area contributed by atoms with Gasteiger partial charge in [-0.3, -0.25) is 9.69 Å². The molecule has 1 aromatic heterocycles. The number of carbonyl (C=O) groups is 1. The van der Waals surface area contributed by atoms with Crippen LogP contribution in [0.3, 0.4) is 0 Å². The van der Waals surface area contributed by atoms with Gasteiger partial charge < -0.3 is 14.5 Å². The summed E-state index contributed by atoms with van der Waals surface area (Å²) in [4.78, 5) is 15.1. The van der Waals surface area contributed by atoms with Crippen LogP contribution in [0, 0.1) is 5.92 Å². The van der Waals surface area contributed by atoms with Crippen LogP contribution in [0.5, 0.6) is 11.7 Å². The van der Waals surface area contributed by atoms with Crippen LogP contribution >= 0.6 is 11.6 Å². The summed E-state index contributed by atoms with van der Waals surface area (Å²) in [6.45, 7) is 4.52. The first kappa shape index (κ1) is 16.5. The fourth-order valence-corrected chi connectivity index (χ4v) is 4.06. The molecule has 0 radical (unpaired) electrons. The summed E-state index contributed by atoms with van der Waals surface area (Å²) < 4.78 is 10.7. The molecule has 3 saturated heterocycles. The number of piperidine rings is 3. The molecule has 3 aliphatic heterocycles. The Morgan fingerprint density at radius 2 is 1.92 bits per heavy atom. The van der Waals surface area contributed by atoms with Gasteiger partial charge in [0.15, 0.2) is 5.22 Å². The molecule has 2 atom stereocenters. The topological polar surface area (TPSA) is 54.7 Å². The molecule has 2 aromatic rings. The first-order chi connectivity index (χ1) is 12.1. The Bertz CT molecular complexity index is 748. The van der Waals surface area contributed by atoms with Crippen molar-refractivity contribution in [1.29, 1.82) is 0 Å². The lowest BCUT2D eigenvalue weighted by Crippen LogP contribution is -2.62. The Balaban J connectivity index is 1.40. The quantitative estimate of drug-likeness (QED) is 0.897. The molecule has 0 spiro atoms. The lowest BCUT2D eigenvalue weighted by Gasteiger charge is -2.49. The summed E-state index contributed by atoms with van der Waals surface area (Å²) in [6, 6.07) is 10.9. The van der Waals surface area contributed by atoms with Gasteiger partial charge in [0.25, 0.3) is 11.9 Å². The normalized spacial score (nSPS) is 27.9. The third-order valence-corrected chi connectivity index (χ3v) is 5.56. The van der Waals surface area contributed by atoms with Crippen LogP contribution in [0.15, 0.2) is 40.8 Å². The standard InChI is InChI=1S/C19H21ClN2O3/c1-12-18(13-8-10-22(12)11-9-13)21-19(23)14-2-4-15(5-3-14)24-17-7-6-16(20)25-17/h2-7,12-13,18H,8-11H2,1H3,(H,21,23)/t12-,18-/m0/s1. The first-order valence-corrected chi connectivity index (χ1v) is 9.06.